The zero-order chi connectivity index (χ0) is 24.1. The van der Waals surface area contributed by atoms with Crippen molar-refractivity contribution in [3.05, 3.63) is 58.4 Å². The lowest BCUT2D eigenvalue weighted by atomic mass is 9.97. The lowest BCUT2D eigenvalue weighted by molar-refractivity contribution is -0.140. The number of Topliss-reactive ketones (excluding diaryl/α,β-unsaturated/α-hetero) is 1. The SMILES string of the molecule is CCN(CC)CCN1C(=O)C(=O)/C(=C(/O)c2cc(Cl)c(OC)cc2OC)C1c1ccccn1. The van der Waals surface area contributed by atoms with E-state index in [1.807, 2.05) is 13.8 Å². The highest BCUT2D eigenvalue weighted by atomic mass is 35.5. The fraction of sp³-hybridized carbons (Fsp3) is 0.375. The number of methoxy groups -OCH3 is 2. The maximum absolute atomic E-state index is 13.2. The minimum Gasteiger partial charge on any atom is -0.507 e. The Balaban J connectivity index is 2.16. The minimum atomic E-state index is -0.840. The highest BCUT2D eigenvalue weighted by Gasteiger charge is 2.47. The van der Waals surface area contributed by atoms with Gasteiger partial charge >= 0.3 is 0 Å². The number of ether oxygens (including phenoxy) is 2. The third kappa shape index (κ3) is 4.82. The number of likely N-dealkylation sites (N-methyl/N-ethyl adjacent to an activating group) is 1. The van der Waals surface area contributed by atoms with Crippen molar-refractivity contribution in [3.8, 4) is 11.5 Å². The Hall–Kier alpha value is -3.10. The van der Waals surface area contributed by atoms with E-state index in [0.29, 0.717) is 24.5 Å². The van der Waals surface area contributed by atoms with E-state index < -0.39 is 17.7 Å². The Morgan fingerprint density at radius 1 is 1.15 bits per heavy atom. The van der Waals surface area contributed by atoms with E-state index in [9.17, 15) is 14.7 Å². The van der Waals surface area contributed by atoms with Gasteiger partial charge in [0.15, 0.2) is 0 Å². The first-order chi connectivity index (χ1) is 15.9. The van der Waals surface area contributed by atoms with E-state index in [0.717, 1.165) is 13.1 Å². The van der Waals surface area contributed by atoms with Gasteiger partial charge < -0.3 is 24.4 Å². The first kappa shape index (κ1) is 24.5. The Kier molecular flexibility index (Phi) is 7.94. The fourth-order valence-corrected chi connectivity index (χ4v) is 4.18. The molecule has 3 rings (SSSR count). The Morgan fingerprint density at radius 3 is 2.42 bits per heavy atom. The first-order valence-electron chi connectivity index (χ1n) is 10.7. The first-order valence-corrected chi connectivity index (χ1v) is 11.1. The summed E-state index contributed by atoms with van der Waals surface area (Å²) in [4.78, 5) is 34.2. The molecule has 1 aromatic heterocycles. The van der Waals surface area contributed by atoms with Crippen molar-refractivity contribution in [2.75, 3.05) is 40.4 Å². The van der Waals surface area contributed by atoms with Crippen LogP contribution in [0, 0.1) is 0 Å². The second-order valence-corrected chi connectivity index (χ2v) is 7.87. The number of carbonyl (C=O) groups is 2. The molecule has 1 amide bonds. The number of aromatic nitrogens is 1. The average molecular weight is 474 g/mol. The van der Waals surface area contributed by atoms with Crippen LogP contribution in [0.25, 0.3) is 5.76 Å². The molecule has 2 heterocycles. The maximum atomic E-state index is 13.2. The molecule has 8 nitrogen and oxygen atoms in total. The van der Waals surface area contributed by atoms with Gasteiger partial charge in [-0.1, -0.05) is 31.5 Å². The molecule has 1 fully saturated rings. The number of likely N-dealkylation sites (tertiary alicyclic amines) is 1. The third-order valence-corrected chi connectivity index (χ3v) is 6.08. The van der Waals surface area contributed by atoms with E-state index in [1.165, 1.54) is 31.3 Å². The number of aliphatic hydroxyl groups is 1. The van der Waals surface area contributed by atoms with Crippen LogP contribution >= 0.6 is 11.6 Å². The van der Waals surface area contributed by atoms with Gasteiger partial charge in [0, 0.05) is 25.4 Å². The molecule has 176 valence electrons. The molecule has 0 bridgehead atoms. The van der Waals surface area contributed by atoms with Crippen molar-refractivity contribution in [2.45, 2.75) is 19.9 Å². The lowest BCUT2D eigenvalue weighted by Gasteiger charge is -2.27. The Bertz CT molecular complexity index is 1050. The smallest absolute Gasteiger partial charge is 0.295 e. The van der Waals surface area contributed by atoms with Gasteiger partial charge in [-0.3, -0.25) is 14.6 Å². The summed E-state index contributed by atoms with van der Waals surface area (Å²) in [5.74, 6) is -1.24. The van der Waals surface area contributed by atoms with Gasteiger partial charge in [0.2, 0.25) is 0 Å². The van der Waals surface area contributed by atoms with Gasteiger partial charge in [-0.2, -0.15) is 0 Å². The topological polar surface area (TPSA) is 92.2 Å². The van der Waals surface area contributed by atoms with Crippen molar-refractivity contribution >= 4 is 29.1 Å². The number of amides is 1. The standard InChI is InChI=1S/C24H28ClN3O5/c1-5-27(6-2)11-12-28-21(17-9-7-8-10-26-17)20(23(30)24(28)31)22(29)15-13-16(25)19(33-4)14-18(15)32-3/h7-10,13-14,21,29H,5-6,11-12H2,1-4H3/b22-20+. The van der Waals surface area contributed by atoms with Gasteiger partial charge in [0.1, 0.15) is 23.3 Å². The Morgan fingerprint density at radius 2 is 1.85 bits per heavy atom. The molecule has 0 radical (unpaired) electrons. The predicted molar refractivity (Wildman–Crippen MR) is 126 cm³/mol. The fourth-order valence-electron chi connectivity index (χ4n) is 3.94. The summed E-state index contributed by atoms with van der Waals surface area (Å²) in [5, 5.41) is 11.5. The van der Waals surface area contributed by atoms with Gasteiger partial charge in [-0.05, 0) is 31.3 Å². The molecular formula is C24H28ClN3O5. The third-order valence-electron chi connectivity index (χ3n) is 5.79. The van der Waals surface area contributed by atoms with Gasteiger partial charge in [0.25, 0.3) is 11.7 Å². The highest BCUT2D eigenvalue weighted by Crippen LogP contribution is 2.42. The van der Waals surface area contributed by atoms with E-state index in [2.05, 4.69) is 9.88 Å². The summed E-state index contributed by atoms with van der Waals surface area (Å²) in [6.45, 7) is 6.60. The van der Waals surface area contributed by atoms with Crippen molar-refractivity contribution in [1.29, 1.82) is 0 Å². The van der Waals surface area contributed by atoms with Crippen LogP contribution in [0.2, 0.25) is 5.02 Å². The van der Waals surface area contributed by atoms with Crippen LogP contribution in [0.3, 0.4) is 0 Å². The number of ketones is 1. The summed E-state index contributed by atoms with van der Waals surface area (Å²) >= 11 is 6.28. The van der Waals surface area contributed by atoms with Crippen LogP contribution in [0.15, 0.2) is 42.1 Å². The molecule has 0 saturated carbocycles. The van der Waals surface area contributed by atoms with Crippen molar-refractivity contribution in [1.82, 2.24) is 14.8 Å². The molecular weight excluding hydrogens is 446 g/mol. The quantitative estimate of drug-likeness (QED) is 0.338. The van der Waals surface area contributed by atoms with Crippen molar-refractivity contribution < 1.29 is 24.2 Å². The Labute approximate surface area is 198 Å². The molecule has 1 aliphatic rings. The number of pyridine rings is 1. The second kappa shape index (κ2) is 10.7. The van der Waals surface area contributed by atoms with Gasteiger partial charge in [0.05, 0.1) is 36.1 Å². The summed E-state index contributed by atoms with van der Waals surface area (Å²) in [5.41, 5.74) is 0.611. The van der Waals surface area contributed by atoms with Gasteiger partial charge in [-0.25, -0.2) is 0 Å². The van der Waals surface area contributed by atoms with Crippen LogP contribution in [0.1, 0.15) is 31.1 Å². The number of halogens is 1. The van der Waals surface area contributed by atoms with Crippen LogP contribution < -0.4 is 9.47 Å². The number of aliphatic hydroxyl groups excluding tert-OH is 1. The molecule has 1 unspecified atom stereocenters. The van der Waals surface area contributed by atoms with Crippen LogP contribution in [-0.4, -0.2) is 72.0 Å². The number of benzene rings is 1. The lowest BCUT2D eigenvalue weighted by Crippen LogP contribution is -2.38. The highest BCUT2D eigenvalue weighted by molar-refractivity contribution is 6.46. The van der Waals surface area contributed by atoms with Gasteiger partial charge in [-0.15, -0.1) is 0 Å². The molecule has 0 aliphatic carbocycles. The second-order valence-electron chi connectivity index (χ2n) is 7.46. The predicted octanol–water partition coefficient (Wildman–Crippen LogP) is 3.52. The number of hydrogen-bond acceptors (Lipinski definition) is 7. The summed E-state index contributed by atoms with van der Waals surface area (Å²) in [6.07, 6.45) is 1.59. The van der Waals surface area contributed by atoms with E-state index in [-0.39, 0.29) is 27.7 Å². The van der Waals surface area contributed by atoms with Crippen LogP contribution in [0.5, 0.6) is 11.5 Å². The van der Waals surface area contributed by atoms with E-state index in [4.69, 9.17) is 21.1 Å². The van der Waals surface area contributed by atoms with E-state index in [1.54, 1.807) is 24.4 Å². The molecule has 2 aromatic rings. The summed E-state index contributed by atoms with van der Waals surface area (Å²) in [6, 6.07) is 7.38. The summed E-state index contributed by atoms with van der Waals surface area (Å²) < 4.78 is 10.6. The average Bonchev–Trinajstić information content (AvgIpc) is 3.09. The van der Waals surface area contributed by atoms with E-state index >= 15 is 0 Å². The molecule has 1 atom stereocenters. The molecule has 1 N–H and O–H groups in total. The maximum Gasteiger partial charge on any atom is 0.295 e. The molecule has 1 aliphatic heterocycles. The number of nitrogens with zero attached hydrogens (tertiary/aromatic N) is 3. The van der Waals surface area contributed by atoms with Crippen molar-refractivity contribution in [2.24, 2.45) is 0 Å². The van der Waals surface area contributed by atoms with Crippen LogP contribution in [0.4, 0.5) is 0 Å². The monoisotopic (exact) mass is 473 g/mol. The van der Waals surface area contributed by atoms with Crippen molar-refractivity contribution in [3.63, 3.8) is 0 Å². The zero-order valence-corrected chi connectivity index (χ0v) is 19.9. The normalized spacial score (nSPS) is 17.6. The summed E-state index contributed by atoms with van der Waals surface area (Å²) in [7, 11) is 2.89. The largest absolute Gasteiger partial charge is 0.507 e. The van der Waals surface area contributed by atoms with Crippen LogP contribution in [-0.2, 0) is 9.59 Å². The molecule has 1 aromatic carbocycles. The molecule has 1 saturated heterocycles. The number of carbonyl (C=O) groups excluding carboxylic acids is 2. The molecule has 33 heavy (non-hydrogen) atoms. The molecule has 0 spiro atoms. The molecule has 9 heteroatoms. The number of rotatable bonds is 9. The zero-order valence-electron chi connectivity index (χ0n) is 19.2. The number of hydrogen-bond donors (Lipinski definition) is 1. The minimum absolute atomic E-state index is 0.0576.